The molecule has 3 saturated heterocycles. The van der Waals surface area contributed by atoms with E-state index in [0.717, 1.165) is 110 Å². The molecule has 3 fully saturated rings. The highest BCUT2D eigenvalue weighted by Crippen LogP contribution is 2.29. The molecule has 0 spiro atoms. The predicted octanol–water partition coefficient (Wildman–Crippen LogP) is 0.415. The molecule has 3 aliphatic heterocycles. The van der Waals surface area contributed by atoms with Crippen LogP contribution >= 0.6 is 0 Å². The lowest BCUT2D eigenvalue weighted by Crippen LogP contribution is -2.40. The lowest BCUT2D eigenvalue weighted by molar-refractivity contribution is 0.0374. The summed E-state index contributed by atoms with van der Waals surface area (Å²) in [4.78, 5) is 16.6. The van der Waals surface area contributed by atoms with Crippen molar-refractivity contribution in [2.24, 2.45) is 0 Å². The number of hydrogen-bond donors (Lipinski definition) is 0. The zero-order chi connectivity index (χ0) is 18.3. The molecule has 1 aromatic heterocycles. The van der Waals surface area contributed by atoms with E-state index in [4.69, 9.17) is 24.2 Å². The standard InChI is InChI=1S/C19H31N5O3/c1(3-22-4-10-25-11-5-22)2-17-18(23-6-12-26-13-7-23)20-16-21-19(17)24-8-14-27-15-9-24/h16H,1-15H2. The van der Waals surface area contributed by atoms with E-state index >= 15 is 0 Å². The van der Waals surface area contributed by atoms with Crippen molar-refractivity contribution < 1.29 is 14.2 Å². The number of hydrogen-bond acceptors (Lipinski definition) is 8. The third kappa shape index (κ3) is 4.87. The number of aromatic nitrogens is 2. The van der Waals surface area contributed by atoms with Crippen LogP contribution in [-0.2, 0) is 20.6 Å². The molecule has 0 atom stereocenters. The highest BCUT2D eigenvalue weighted by atomic mass is 16.5. The molecule has 8 nitrogen and oxygen atoms in total. The Kier molecular flexibility index (Phi) is 6.73. The first-order valence-electron chi connectivity index (χ1n) is 10.2. The maximum Gasteiger partial charge on any atom is 0.137 e. The molecule has 0 unspecified atom stereocenters. The summed E-state index contributed by atoms with van der Waals surface area (Å²) < 4.78 is 16.5. The Labute approximate surface area is 161 Å². The molecule has 4 rings (SSSR count). The van der Waals surface area contributed by atoms with Gasteiger partial charge >= 0.3 is 0 Å². The van der Waals surface area contributed by atoms with Gasteiger partial charge in [0, 0.05) is 44.8 Å². The van der Waals surface area contributed by atoms with E-state index < -0.39 is 0 Å². The molecule has 4 heterocycles. The smallest absolute Gasteiger partial charge is 0.137 e. The minimum absolute atomic E-state index is 0.768. The average Bonchev–Trinajstić information content (AvgIpc) is 2.76. The van der Waals surface area contributed by atoms with Crippen molar-refractivity contribution in [2.45, 2.75) is 12.8 Å². The largest absolute Gasteiger partial charge is 0.379 e. The molecule has 0 saturated carbocycles. The monoisotopic (exact) mass is 377 g/mol. The van der Waals surface area contributed by atoms with Gasteiger partial charge in [0.1, 0.15) is 18.0 Å². The van der Waals surface area contributed by atoms with Gasteiger partial charge in [0.25, 0.3) is 0 Å². The lowest BCUT2D eigenvalue weighted by atomic mass is 10.1. The van der Waals surface area contributed by atoms with Gasteiger partial charge in [0.05, 0.1) is 39.6 Å². The third-order valence-corrected chi connectivity index (χ3v) is 5.53. The van der Waals surface area contributed by atoms with Gasteiger partial charge in [-0.15, -0.1) is 0 Å². The molecular formula is C19H31N5O3. The normalized spacial score (nSPS) is 22.2. The van der Waals surface area contributed by atoms with Gasteiger partial charge in [0.15, 0.2) is 0 Å². The molecule has 0 N–H and O–H groups in total. The van der Waals surface area contributed by atoms with E-state index in [1.807, 2.05) is 0 Å². The molecule has 0 aliphatic carbocycles. The zero-order valence-electron chi connectivity index (χ0n) is 16.1. The van der Waals surface area contributed by atoms with Crippen LogP contribution in [0.25, 0.3) is 0 Å². The summed E-state index contributed by atoms with van der Waals surface area (Å²) in [5.41, 5.74) is 1.29. The van der Waals surface area contributed by atoms with Gasteiger partial charge in [0.2, 0.25) is 0 Å². The van der Waals surface area contributed by atoms with Crippen LogP contribution in [-0.4, -0.2) is 100 Å². The Morgan fingerprint density at radius 3 is 1.70 bits per heavy atom. The van der Waals surface area contributed by atoms with Crippen molar-refractivity contribution >= 4 is 11.6 Å². The third-order valence-electron chi connectivity index (χ3n) is 5.53. The van der Waals surface area contributed by atoms with E-state index in [2.05, 4.69) is 14.7 Å². The quantitative estimate of drug-likeness (QED) is 0.707. The topological polar surface area (TPSA) is 63.2 Å². The van der Waals surface area contributed by atoms with E-state index in [1.54, 1.807) is 6.33 Å². The molecule has 150 valence electrons. The lowest BCUT2D eigenvalue weighted by Gasteiger charge is -2.34. The first-order valence-corrected chi connectivity index (χ1v) is 10.2. The number of nitrogens with zero attached hydrogens (tertiary/aromatic N) is 5. The van der Waals surface area contributed by atoms with Crippen LogP contribution in [0.3, 0.4) is 0 Å². The maximum absolute atomic E-state index is 5.54. The molecule has 0 radical (unpaired) electrons. The van der Waals surface area contributed by atoms with E-state index in [0.29, 0.717) is 0 Å². The van der Waals surface area contributed by atoms with Crippen LogP contribution in [0.1, 0.15) is 12.0 Å². The molecule has 0 amide bonds. The minimum atomic E-state index is 0.768. The fraction of sp³-hybridized carbons (Fsp3) is 0.789. The second-order valence-corrected chi connectivity index (χ2v) is 7.26. The Balaban J connectivity index is 1.50. The SMILES string of the molecule is c1nc(N2CCOCC2)c(CCCN2CCOCC2)c(N2CCOCC2)n1. The molecule has 1 aromatic rings. The molecule has 0 bridgehead atoms. The van der Waals surface area contributed by atoms with E-state index in [1.165, 1.54) is 5.56 Å². The molecule has 3 aliphatic rings. The summed E-state index contributed by atoms with van der Waals surface area (Å²) in [6, 6.07) is 0. The second-order valence-electron chi connectivity index (χ2n) is 7.26. The van der Waals surface area contributed by atoms with Crippen LogP contribution in [0.15, 0.2) is 6.33 Å². The predicted molar refractivity (Wildman–Crippen MR) is 104 cm³/mol. The zero-order valence-corrected chi connectivity index (χ0v) is 16.1. The Bertz CT molecular complexity index is 548. The fourth-order valence-electron chi connectivity index (χ4n) is 4.02. The van der Waals surface area contributed by atoms with Crippen molar-refractivity contribution in [1.29, 1.82) is 0 Å². The average molecular weight is 377 g/mol. The molecular weight excluding hydrogens is 346 g/mol. The Morgan fingerprint density at radius 2 is 1.19 bits per heavy atom. The van der Waals surface area contributed by atoms with Crippen LogP contribution in [0.4, 0.5) is 11.6 Å². The van der Waals surface area contributed by atoms with Crippen molar-refractivity contribution in [1.82, 2.24) is 14.9 Å². The van der Waals surface area contributed by atoms with Gasteiger partial charge in [-0.25, -0.2) is 9.97 Å². The summed E-state index contributed by atoms with van der Waals surface area (Å²) in [6.45, 7) is 11.6. The van der Waals surface area contributed by atoms with Gasteiger partial charge in [-0.1, -0.05) is 0 Å². The van der Waals surface area contributed by atoms with Crippen LogP contribution in [0.5, 0.6) is 0 Å². The van der Waals surface area contributed by atoms with Crippen molar-refractivity contribution in [2.75, 3.05) is 95.3 Å². The van der Waals surface area contributed by atoms with Crippen LogP contribution in [0.2, 0.25) is 0 Å². The van der Waals surface area contributed by atoms with Gasteiger partial charge in [-0.3, -0.25) is 4.90 Å². The molecule has 27 heavy (non-hydrogen) atoms. The van der Waals surface area contributed by atoms with Crippen LogP contribution in [0, 0.1) is 0 Å². The summed E-state index contributed by atoms with van der Waals surface area (Å²) >= 11 is 0. The van der Waals surface area contributed by atoms with Crippen LogP contribution < -0.4 is 9.80 Å². The summed E-state index contributed by atoms with van der Waals surface area (Å²) in [6.07, 6.45) is 3.83. The van der Waals surface area contributed by atoms with Crippen molar-refractivity contribution in [3.63, 3.8) is 0 Å². The highest BCUT2D eigenvalue weighted by molar-refractivity contribution is 5.60. The van der Waals surface area contributed by atoms with E-state index in [-0.39, 0.29) is 0 Å². The minimum Gasteiger partial charge on any atom is -0.379 e. The van der Waals surface area contributed by atoms with Crippen molar-refractivity contribution in [3.05, 3.63) is 11.9 Å². The van der Waals surface area contributed by atoms with Crippen molar-refractivity contribution in [3.8, 4) is 0 Å². The number of anilines is 2. The summed E-state index contributed by atoms with van der Waals surface area (Å²) in [5.74, 6) is 2.19. The van der Waals surface area contributed by atoms with E-state index in [9.17, 15) is 0 Å². The number of rotatable bonds is 6. The van der Waals surface area contributed by atoms with Gasteiger partial charge in [-0.2, -0.15) is 0 Å². The first-order chi connectivity index (χ1) is 13.4. The molecule has 0 aromatic carbocycles. The Morgan fingerprint density at radius 1 is 0.704 bits per heavy atom. The van der Waals surface area contributed by atoms with Gasteiger partial charge in [-0.05, 0) is 19.4 Å². The Hall–Kier alpha value is -1.48. The van der Waals surface area contributed by atoms with Gasteiger partial charge < -0.3 is 24.0 Å². The number of morpholine rings is 3. The summed E-state index contributed by atoms with van der Waals surface area (Å²) in [7, 11) is 0. The molecule has 8 heteroatoms. The first kappa shape index (κ1) is 18.9. The maximum atomic E-state index is 5.54. The number of ether oxygens (including phenoxy) is 3. The fourth-order valence-corrected chi connectivity index (χ4v) is 4.02. The summed E-state index contributed by atoms with van der Waals surface area (Å²) in [5, 5.41) is 0. The highest BCUT2D eigenvalue weighted by Gasteiger charge is 2.23. The second kappa shape index (κ2) is 9.64.